The molecule has 2 N–H and O–H groups in total. The number of hydrogen-bond acceptors (Lipinski definition) is 7. The molecule has 3 heterocycles. The minimum atomic E-state index is -3.26. The SMILES string of the molecule is CS(=O)(=O)c1ccc(-c2cnc(N)n3cnc(-c4ncco4)c23)cc1. The summed E-state index contributed by atoms with van der Waals surface area (Å²) in [5.41, 5.74) is 8.66. The Labute approximate surface area is 142 Å². The number of aromatic nitrogens is 4. The number of nitrogens with zero attached hydrogens (tertiary/aromatic N) is 4. The lowest BCUT2D eigenvalue weighted by Gasteiger charge is -2.08. The van der Waals surface area contributed by atoms with Crippen molar-refractivity contribution in [3.8, 4) is 22.7 Å². The number of sulfone groups is 1. The fourth-order valence-electron chi connectivity index (χ4n) is 2.62. The molecule has 0 aliphatic heterocycles. The smallest absolute Gasteiger partial charge is 0.247 e. The van der Waals surface area contributed by atoms with Gasteiger partial charge in [0.1, 0.15) is 12.6 Å². The van der Waals surface area contributed by atoms with Gasteiger partial charge in [-0.1, -0.05) is 12.1 Å². The molecule has 9 heteroatoms. The number of benzene rings is 1. The Morgan fingerprint density at radius 3 is 2.52 bits per heavy atom. The molecule has 126 valence electrons. The van der Waals surface area contributed by atoms with E-state index in [0.717, 1.165) is 11.1 Å². The average Bonchev–Trinajstić information content (AvgIpc) is 3.24. The Hall–Kier alpha value is -3.20. The highest BCUT2D eigenvalue weighted by Gasteiger charge is 2.18. The van der Waals surface area contributed by atoms with Crippen LogP contribution in [0.2, 0.25) is 0 Å². The van der Waals surface area contributed by atoms with Crippen LogP contribution in [0.4, 0.5) is 5.95 Å². The van der Waals surface area contributed by atoms with E-state index in [1.54, 1.807) is 41.2 Å². The van der Waals surface area contributed by atoms with Gasteiger partial charge in [-0.3, -0.25) is 4.40 Å². The summed E-state index contributed by atoms with van der Waals surface area (Å²) in [5.74, 6) is 0.638. The van der Waals surface area contributed by atoms with Crippen LogP contribution in [-0.2, 0) is 9.84 Å². The quantitative estimate of drug-likeness (QED) is 0.597. The van der Waals surface area contributed by atoms with Crippen molar-refractivity contribution in [2.75, 3.05) is 12.0 Å². The third-order valence-corrected chi connectivity index (χ3v) is 4.95. The molecule has 25 heavy (non-hydrogen) atoms. The van der Waals surface area contributed by atoms with Crippen LogP contribution in [-0.4, -0.2) is 34.0 Å². The van der Waals surface area contributed by atoms with Crippen molar-refractivity contribution >= 4 is 21.3 Å². The molecule has 0 aliphatic carbocycles. The first-order chi connectivity index (χ1) is 11.9. The van der Waals surface area contributed by atoms with Gasteiger partial charge in [0.15, 0.2) is 15.5 Å². The predicted octanol–water partition coefficient (Wildman–Crippen LogP) is 2.04. The van der Waals surface area contributed by atoms with Crippen molar-refractivity contribution < 1.29 is 12.8 Å². The molecule has 4 aromatic rings. The number of imidazole rings is 1. The number of hydrogen-bond donors (Lipinski definition) is 1. The molecular weight excluding hydrogens is 342 g/mol. The average molecular weight is 355 g/mol. The largest absolute Gasteiger partial charge is 0.443 e. The molecule has 0 radical (unpaired) electrons. The monoisotopic (exact) mass is 355 g/mol. The predicted molar refractivity (Wildman–Crippen MR) is 91.4 cm³/mol. The standard InChI is InChI=1S/C16H13N5O3S/c1-25(22,23)11-4-2-10(3-5-11)12-8-19-16(17)21-9-20-13(14(12)21)15-18-6-7-24-15/h2-9H,1H3,(H2,17,19). The molecule has 0 unspecified atom stereocenters. The lowest BCUT2D eigenvalue weighted by molar-refractivity contribution is 0.573. The van der Waals surface area contributed by atoms with Gasteiger partial charge in [0, 0.05) is 18.0 Å². The molecule has 8 nitrogen and oxygen atoms in total. The first-order valence-electron chi connectivity index (χ1n) is 7.27. The highest BCUT2D eigenvalue weighted by molar-refractivity contribution is 7.90. The highest BCUT2D eigenvalue weighted by atomic mass is 32.2. The molecular formula is C16H13N5O3S. The maximum atomic E-state index is 11.6. The van der Waals surface area contributed by atoms with Gasteiger partial charge in [-0.2, -0.15) is 0 Å². The fraction of sp³-hybridized carbons (Fsp3) is 0.0625. The maximum absolute atomic E-state index is 11.6. The Bertz CT molecular complexity index is 1160. The molecule has 3 aromatic heterocycles. The highest BCUT2D eigenvalue weighted by Crippen LogP contribution is 2.32. The van der Waals surface area contributed by atoms with E-state index in [4.69, 9.17) is 10.2 Å². The van der Waals surface area contributed by atoms with Crippen molar-refractivity contribution in [2.24, 2.45) is 0 Å². The van der Waals surface area contributed by atoms with E-state index in [1.165, 1.54) is 18.7 Å². The van der Waals surface area contributed by atoms with E-state index in [9.17, 15) is 8.42 Å². The van der Waals surface area contributed by atoms with Crippen LogP contribution in [0.15, 0.2) is 58.6 Å². The van der Waals surface area contributed by atoms with Crippen LogP contribution >= 0.6 is 0 Å². The van der Waals surface area contributed by atoms with Crippen LogP contribution < -0.4 is 5.73 Å². The molecule has 4 rings (SSSR count). The van der Waals surface area contributed by atoms with E-state index in [0.29, 0.717) is 17.1 Å². The van der Waals surface area contributed by atoms with Gasteiger partial charge in [-0.15, -0.1) is 0 Å². The summed E-state index contributed by atoms with van der Waals surface area (Å²) in [4.78, 5) is 12.9. The van der Waals surface area contributed by atoms with Crippen LogP contribution in [0.3, 0.4) is 0 Å². The van der Waals surface area contributed by atoms with Gasteiger partial charge in [0.25, 0.3) is 0 Å². The first-order valence-corrected chi connectivity index (χ1v) is 9.16. The lowest BCUT2D eigenvalue weighted by atomic mass is 10.1. The zero-order chi connectivity index (χ0) is 17.6. The minimum absolute atomic E-state index is 0.247. The molecule has 0 atom stereocenters. The topological polar surface area (TPSA) is 116 Å². The van der Waals surface area contributed by atoms with Gasteiger partial charge in [-0.05, 0) is 17.7 Å². The Morgan fingerprint density at radius 1 is 1.12 bits per heavy atom. The Kier molecular flexibility index (Phi) is 3.32. The second-order valence-electron chi connectivity index (χ2n) is 5.48. The van der Waals surface area contributed by atoms with Crippen molar-refractivity contribution in [1.29, 1.82) is 0 Å². The third kappa shape index (κ3) is 2.54. The fourth-order valence-corrected chi connectivity index (χ4v) is 3.25. The Morgan fingerprint density at radius 2 is 1.88 bits per heavy atom. The summed E-state index contributed by atoms with van der Waals surface area (Å²) in [6.45, 7) is 0. The molecule has 0 spiro atoms. The van der Waals surface area contributed by atoms with Gasteiger partial charge >= 0.3 is 0 Å². The van der Waals surface area contributed by atoms with E-state index in [-0.39, 0.29) is 10.8 Å². The summed E-state index contributed by atoms with van der Waals surface area (Å²) < 4.78 is 30.3. The summed E-state index contributed by atoms with van der Waals surface area (Å²) in [7, 11) is -3.26. The summed E-state index contributed by atoms with van der Waals surface area (Å²) >= 11 is 0. The maximum Gasteiger partial charge on any atom is 0.247 e. The second kappa shape index (κ2) is 5.42. The normalized spacial score (nSPS) is 11.9. The number of nitrogen functional groups attached to an aromatic ring is 1. The van der Waals surface area contributed by atoms with Crippen molar-refractivity contribution in [3.63, 3.8) is 0 Å². The van der Waals surface area contributed by atoms with Gasteiger partial charge in [0.05, 0.1) is 16.6 Å². The van der Waals surface area contributed by atoms with Gasteiger partial charge in [0.2, 0.25) is 11.8 Å². The molecule has 0 aliphatic rings. The molecule has 1 aromatic carbocycles. The van der Waals surface area contributed by atoms with E-state index < -0.39 is 9.84 Å². The lowest BCUT2D eigenvalue weighted by Crippen LogP contribution is -2.01. The summed E-state index contributed by atoms with van der Waals surface area (Å²) in [6.07, 6.45) is 7.33. The molecule has 0 saturated carbocycles. The molecule has 0 saturated heterocycles. The van der Waals surface area contributed by atoms with Crippen LogP contribution in [0.1, 0.15) is 0 Å². The number of anilines is 1. The van der Waals surface area contributed by atoms with Crippen molar-refractivity contribution in [2.45, 2.75) is 4.90 Å². The second-order valence-corrected chi connectivity index (χ2v) is 7.49. The van der Waals surface area contributed by atoms with Crippen molar-refractivity contribution in [3.05, 3.63) is 49.2 Å². The third-order valence-electron chi connectivity index (χ3n) is 3.82. The van der Waals surface area contributed by atoms with Crippen LogP contribution in [0.25, 0.3) is 28.2 Å². The first kappa shape index (κ1) is 15.3. The van der Waals surface area contributed by atoms with Crippen LogP contribution in [0.5, 0.6) is 0 Å². The van der Waals surface area contributed by atoms with E-state index in [2.05, 4.69) is 15.0 Å². The van der Waals surface area contributed by atoms with E-state index >= 15 is 0 Å². The number of nitrogens with two attached hydrogens (primary N) is 1. The summed E-state index contributed by atoms with van der Waals surface area (Å²) in [6, 6.07) is 6.54. The molecule has 0 bridgehead atoms. The Balaban J connectivity index is 1.96. The zero-order valence-corrected chi connectivity index (χ0v) is 13.9. The van der Waals surface area contributed by atoms with Gasteiger partial charge in [-0.25, -0.2) is 23.4 Å². The molecule has 0 amide bonds. The zero-order valence-electron chi connectivity index (χ0n) is 13.1. The number of rotatable bonds is 3. The summed E-state index contributed by atoms with van der Waals surface area (Å²) in [5, 5.41) is 0. The van der Waals surface area contributed by atoms with Crippen molar-refractivity contribution in [1.82, 2.24) is 19.4 Å². The molecule has 0 fully saturated rings. The minimum Gasteiger partial charge on any atom is -0.443 e. The number of oxazole rings is 1. The number of fused-ring (bicyclic) bond motifs is 1. The van der Waals surface area contributed by atoms with E-state index in [1.807, 2.05) is 0 Å². The van der Waals surface area contributed by atoms with Gasteiger partial charge < -0.3 is 10.2 Å². The van der Waals surface area contributed by atoms with Crippen LogP contribution in [0, 0.1) is 0 Å².